The largest absolute Gasteiger partial charge is 0.489 e. The van der Waals surface area contributed by atoms with Crippen molar-refractivity contribution in [3.05, 3.63) is 30.1 Å². The van der Waals surface area contributed by atoms with Gasteiger partial charge in [-0.1, -0.05) is 26.8 Å². The van der Waals surface area contributed by atoms with Crippen LogP contribution in [0.15, 0.2) is 29.3 Å². The second kappa shape index (κ2) is 12.7. The van der Waals surface area contributed by atoms with Gasteiger partial charge in [0, 0.05) is 44.8 Å². The topological polar surface area (TPSA) is 52.1 Å². The molecule has 0 bridgehead atoms. The average Bonchev–Trinajstić information content (AvgIpc) is 2.72. The number of halogens is 1. The van der Waals surface area contributed by atoms with Crippen LogP contribution in [0.3, 0.4) is 0 Å². The highest BCUT2D eigenvalue weighted by Gasteiger charge is 2.24. The lowest BCUT2D eigenvalue weighted by Gasteiger charge is -2.39. The fourth-order valence-electron chi connectivity index (χ4n) is 3.64. The van der Waals surface area contributed by atoms with Crippen LogP contribution in [-0.4, -0.2) is 80.8 Å². The molecule has 2 unspecified atom stereocenters. The highest BCUT2D eigenvalue weighted by Crippen LogP contribution is 2.15. The zero-order valence-corrected chi connectivity index (χ0v) is 19.3. The maximum Gasteiger partial charge on any atom is 0.191 e. The minimum Gasteiger partial charge on any atom is -0.489 e. The number of piperazine rings is 1. The van der Waals surface area contributed by atoms with Crippen LogP contribution in [0.4, 0.5) is 4.39 Å². The van der Waals surface area contributed by atoms with Gasteiger partial charge in [0.05, 0.1) is 13.1 Å². The van der Waals surface area contributed by atoms with Crippen LogP contribution in [0, 0.1) is 11.7 Å². The van der Waals surface area contributed by atoms with Crippen molar-refractivity contribution in [3.63, 3.8) is 0 Å². The number of nitrogens with zero attached hydrogens (tertiary/aromatic N) is 3. The first-order valence-corrected chi connectivity index (χ1v) is 11.3. The summed E-state index contributed by atoms with van der Waals surface area (Å²) >= 11 is 0. The number of guanidine groups is 1. The Bertz CT molecular complexity index is 646. The average molecular weight is 422 g/mol. The molecule has 2 rings (SSSR count). The van der Waals surface area contributed by atoms with Gasteiger partial charge in [0.25, 0.3) is 0 Å². The summed E-state index contributed by atoms with van der Waals surface area (Å²) in [5.41, 5.74) is 0. The van der Waals surface area contributed by atoms with Crippen LogP contribution < -0.4 is 15.4 Å². The van der Waals surface area contributed by atoms with Crippen LogP contribution in [0.2, 0.25) is 0 Å². The van der Waals surface area contributed by atoms with Crippen molar-refractivity contribution in [1.82, 2.24) is 20.4 Å². The van der Waals surface area contributed by atoms with Gasteiger partial charge < -0.3 is 20.3 Å². The van der Waals surface area contributed by atoms with Gasteiger partial charge in [0.15, 0.2) is 5.96 Å². The molecular formula is C23H40FN5O. The Morgan fingerprint density at radius 1 is 1.17 bits per heavy atom. The predicted octanol–water partition coefficient (Wildman–Crippen LogP) is 2.81. The van der Waals surface area contributed by atoms with E-state index in [2.05, 4.69) is 55.2 Å². The smallest absolute Gasteiger partial charge is 0.191 e. The maximum atomic E-state index is 13.4. The van der Waals surface area contributed by atoms with Gasteiger partial charge in [0.2, 0.25) is 0 Å². The Labute approximate surface area is 181 Å². The molecule has 6 nitrogen and oxygen atoms in total. The number of hydrogen-bond acceptors (Lipinski definition) is 4. The van der Waals surface area contributed by atoms with Gasteiger partial charge in [-0.15, -0.1) is 0 Å². The standard InChI is InChI=1S/C23H40FN5O/c1-6-20(30-21-10-8-9-19(24)15-21)16-26-23(25-7-2)27-17-22(18(3)4)29-13-11-28(5)12-14-29/h8-10,15,18,20,22H,6-7,11-14,16-17H2,1-5H3,(H2,25,26,27). The van der Waals surface area contributed by atoms with E-state index in [0.29, 0.717) is 24.3 Å². The molecule has 1 fully saturated rings. The molecule has 1 heterocycles. The van der Waals surface area contributed by atoms with Crippen molar-refractivity contribution in [1.29, 1.82) is 0 Å². The SMILES string of the molecule is CCNC(=NCC(C(C)C)N1CCN(C)CC1)NCC(CC)Oc1cccc(F)c1. The third-order valence-corrected chi connectivity index (χ3v) is 5.61. The van der Waals surface area contributed by atoms with Gasteiger partial charge >= 0.3 is 0 Å². The number of nitrogens with one attached hydrogen (secondary N) is 2. The van der Waals surface area contributed by atoms with Gasteiger partial charge in [0.1, 0.15) is 17.7 Å². The zero-order valence-electron chi connectivity index (χ0n) is 19.3. The van der Waals surface area contributed by atoms with Crippen molar-refractivity contribution >= 4 is 5.96 Å². The van der Waals surface area contributed by atoms with Gasteiger partial charge in [-0.05, 0) is 38.4 Å². The number of rotatable bonds is 10. The molecule has 1 saturated heterocycles. The Balaban J connectivity index is 1.94. The minimum atomic E-state index is -0.283. The molecule has 0 spiro atoms. The number of benzene rings is 1. The molecule has 0 aliphatic carbocycles. The van der Waals surface area contributed by atoms with E-state index < -0.39 is 0 Å². The van der Waals surface area contributed by atoms with Crippen molar-refractivity contribution in [2.45, 2.75) is 46.3 Å². The van der Waals surface area contributed by atoms with E-state index >= 15 is 0 Å². The number of ether oxygens (including phenoxy) is 1. The molecule has 1 aliphatic heterocycles. The van der Waals surface area contributed by atoms with Crippen molar-refractivity contribution in [2.24, 2.45) is 10.9 Å². The minimum absolute atomic E-state index is 0.0609. The molecule has 0 saturated carbocycles. The number of hydrogen-bond donors (Lipinski definition) is 2. The molecule has 30 heavy (non-hydrogen) atoms. The Hall–Kier alpha value is -1.86. The highest BCUT2D eigenvalue weighted by atomic mass is 19.1. The fourth-order valence-corrected chi connectivity index (χ4v) is 3.64. The van der Waals surface area contributed by atoms with Gasteiger partial charge in [-0.3, -0.25) is 9.89 Å². The van der Waals surface area contributed by atoms with E-state index in [1.165, 1.54) is 12.1 Å². The van der Waals surface area contributed by atoms with Crippen molar-refractivity contribution < 1.29 is 9.13 Å². The van der Waals surface area contributed by atoms with Crippen LogP contribution in [0.25, 0.3) is 0 Å². The van der Waals surface area contributed by atoms with Gasteiger partial charge in [-0.25, -0.2) is 4.39 Å². The molecule has 7 heteroatoms. The number of likely N-dealkylation sites (N-methyl/N-ethyl adjacent to an activating group) is 1. The Morgan fingerprint density at radius 2 is 1.90 bits per heavy atom. The molecule has 0 aromatic heterocycles. The summed E-state index contributed by atoms with van der Waals surface area (Å²) in [5.74, 6) is 1.62. The van der Waals surface area contributed by atoms with E-state index in [4.69, 9.17) is 9.73 Å². The van der Waals surface area contributed by atoms with E-state index in [1.54, 1.807) is 12.1 Å². The maximum absolute atomic E-state index is 13.4. The molecule has 2 N–H and O–H groups in total. The molecule has 1 aromatic rings. The monoisotopic (exact) mass is 421 g/mol. The van der Waals surface area contributed by atoms with Crippen molar-refractivity contribution in [3.8, 4) is 5.75 Å². The molecular weight excluding hydrogens is 381 g/mol. The van der Waals surface area contributed by atoms with E-state index in [0.717, 1.165) is 51.6 Å². The molecule has 170 valence electrons. The van der Waals surface area contributed by atoms with Crippen LogP contribution in [-0.2, 0) is 0 Å². The van der Waals surface area contributed by atoms with E-state index in [1.807, 2.05) is 0 Å². The molecule has 2 atom stereocenters. The first-order chi connectivity index (χ1) is 14.4. The summed E-state index contributed by atoms with van der Waals surface area (Å²) in [7, 11) is 2.18. The Morgan fingerprint density at radius 3 is 2.50 bits per heavy atom. The summed E-state index contributed by atoms with van der Waals surface area (Å²) in [4.78, 5) is 9.83. The van der Waals surface area contributed by atoms with Crippen LogP contribution >= 0.6 is 0 Å². The normalized spacial score (nSPS) is 18.3. The summed E-state index contributed by atoms with van der Waals surface area (Å²) in [6, 6.07) is 6.73. The second-order valence-corrected chi connectivity index (χ2v) is 8.36. The van der Waals surface area contributed by atoms with Crippen LogP contribution in [0.5, 0.6) is 5.75 Å². The summed E-state index contributed by atoms with van der Waals surface area (Å²) in [6.07, 6.45) is 0.757. The van der Waals surface area contributed by atoms with Gasteiger partial charge in [-0.2, -0.15) is 0 Å². The summed E-state index contributed by atoms with van der Waals surface area (Å²) in [6.45, 7) is 15.3. The first-order valence-electron chi connectivity index (χ1n) is 11.3. The molecule has 1 aliphatic rings. The number of aliphatic imine (C=N–C) groups is 1. The van der Waals surface area contributed by atoms with Crippen molar-refractivity contribution in [2.75, 3.05) is 52.9 Å². The summed E-state index contributed by atoms with van der Waals surface area (Å²) < 4.78 is 19.4. The quantitative estimate of drug-likeness (QED) is 0.449. The molecule has 0 amide bonds. The molecule has 0 radical (unpaired) electrons. The molecule has 1 aromatic carbocycles. The third-order valence-electron chi connectivity index (χ3n) is 5.61. The first kappa shape index (κ1) is 24.4. The van der Waals surface area contributed by atoms with Crippen LogP contribution in [0.1, 0.15) is 34.1 Å². The third kappa shape index (κ3) is 8.11. The van der Waals surface area contributed by atoms with E-state index in [9.17, 15) is 4.39 Å². The Kier molecular flexibility index (Phi) is 10.4. The second-order valence-electron chi connectivity index (χ2n) is 8.36. The lowest BCUT2D eigenvalue weighted by molar-refractivity contribution is 0.0925. The fraction of sp³-hybridized carbons (Fsp3) is 0.696. The highest BCUT2D eigenvalue weighted by molar-refractivity contribution is 5.79. The lowest BCUT2D eigenvalue weighted by atomic mass is 10.0. The zero-order chi connectivity index (χ0) is 21.9. The predicted molar refractivity (Wildman–Crippen MR) is 123 cm³/mol. The summed E-state index contributed by atoms with van der Waals surface area (Å²) in [5, 5.41) is 6.74. The lowest BCUT2D eigenvalue weighted by Crippen LogP contribution is -2.52. The van der Waals surface area contributed by atoms with E-state index in [-0.39, 0.29) is 11.9 Å².